The summed E-state index contributed by atoms with van der Waals surface area (Å²) in [6.45, 7) is 9.23. The lowest BCUT2D eigenvalue weighted by Crippen LogP contribution is -2.04. The van der Waals surface area contributed by atoms with Crippen LogP contribution in [0.3, 0.4) is 0 Å². The van der Waals surface area contributed by atoms with Gasteiger partial charge in [0.25, 0.3) is 0 Å². The maximum Gasteiger partial charge on any atom is -0.0149 e. The molecule has 0 saturated heterocycles. The molecule has 0 aliphatic rings. The zero-order chi connectivity index (χ0) is 14.5. The van der Waals surface area contributed by atoms with Crippen molar-refractivity contribution >= 4 is 0 Å². The van der Waals surface area contributed by atoms with Crippen molar-refractivity contribution in [3.8, 4) is 11.1 Å². The van der Waals surface area contributed by atoms with Gasteiger partial charge < -0.3 is 0 Å². The Hall–Kier alpha value is -1.56. The van der Waals surface area contributed by atoms with Crippen LogP contribution in [-0.2, 0) is 6.42 Å². The molecule has 0 N–H and O–H groups in total. The minimum absolute atomic E-state index is 0.632. The van der Waals surface area contributed by atoms with Gasteiger partial charge in [-0.05, 0) is 46.9 Å². The van der Waals surface area contributed by atoms with E-state index in [9.17, 15) is 0 Å². The van der Waals surface area contributed by atoms with Gasteiger partial charge in [0, 0.05) is 0 Å². The van der Waals surface area contributed by atoms with Gasteiger partial charge in [0.15, 0.2) is 0 Å². The molecule has 0 heterocycles. The molecule has 0 saturated carbocycles. The summed E-state index contributed by atoms with van der Waals surface area (Å²) in [7, 11) is 0. The number of benzene rings is 2. The standard InChI is InChI=1S/C20H26/c1-5-16(4)18-12-9-13-19(20(18)14-15(2)3)17-10-7-6-8-11-17/h6-13,15-16H,5,14H2,1-4H3. The predicted molar refractivity (Wildman–Crippen MR) is 89.1 cm³/mol. The molecule has 0 spiro atoms. The number of hydrogen-bond acceptors (Lipinski definition) is 0. The van der Waals surface area contributed by atoms with E-state index in [1.54, 1.807) is 5.56 Å². The molecule has 0 nitrogen and oxygen atoms in total. The number of rotatable bonds is 5. The average molecular weight is 266 g/mol. The van der Waals surface area contributed by atoms with Crippen LogP contribution in [0.4, 0.5) is 0 Å². The van der Waals surface area contributed by atoms with Gasteiger partial charge in [0.05, 0.1) is 0 Å². The first-order chi connectivity index (χ1) is 9.63. The van der Waals surface area contributed by atoms with Crippen LogP contribution in [0.5, 0.6) is 0 Å². The average Bonchev–Trinajstić information content (AvgIpc) is 2.47. The lowest BCUT2D eigenvalue weighted by atomic mass is 9.84. The first kappa shape index (κ1) is 14.8. The van der Waals surface area contributed by atoms with Gasteiger partial charge in [0.2, 0.25) is 0 Å². The Morgan fingerprint density at radius 3 is 2.15 bits per heavy atom. The molecule has 0 aliphatic heterocycles. The molecular formula is C20H26. The monoisotopic (exact) mass is 266 g/mol. The van der Waals surface area contributed by atoms with Gasteiger partial charge in [-0.3, -0.25) is 0 Å². The van der Waals surface area contributed by atoms with E-state index in [2.05, 4.69) is 76.2 Å². The molecule has 2 aromatic rings. The summed E-state index contributed by atoms with van der Waals surface area (Å²) in [4.78, 5) is 0. The smallest absolute Gasteiger partial charge is 0.0149 e. The first-order valence-corrected chi connectivity index (χ1v) is 7.80. The second-order valence-electron chi connectivity index (χ2n) is 6.15. The van der Waals surface area contributed by atoms with Crippen molar-refractivity contribution in [3.63, 3.8) is 0 Å². The molecule has 0 radical (unpaired) electrons. The Morgan fingerprint density at radius 1 is 0.850 bits per heavy atom. The van der Waals surface area contributed by atoms with Crippen LogP contribution in [0.2, 0.25) is 0 Å². The summed E-state index contributed by atoms with van der Waals surface area (Å²) in [5, 5.41) is 0. The predicted octanol–water partition coefficient (Wildman–Crippen LogP) is 6.07. The normalized spacial score (nSPS) is 12.7. The van der Waals surface area contributed by atoms with E-state index in [0.717, 1.165) is 6.42 Å². The van der Waals surface area contributed by atoms with Crippen LogP contribution in [-0.4, -0.2) is 0 Å². The summed E-state index contributed by atoms with van der Waals surface area (Å²) in [5.41, 5.74) is 5.83. The highest BCUT2D eigenvalue weighted by atomic mass is 14.2. The fourth-order valence-corrected chi connectivity index (χ4v) is 2.81. The SMILES string of the molecule is CCC(C)c1cccc(-c2ccccc2)c1CC(C)C. The van der Waals surface area contributed by atoms with E-state index in [-0.39, 0.29) is 0 Å². The Labute approximate surface area is 123 Å². The highest BCUT2D eigenvalue weighted by Gasteiger charge is 2.14. The van der Waals surface area contributed by atoms with E-state index < -0.39 is 0 Å². The number of hydrogen-bond donors (Lipinski definition) is 0. The van der Waals surface area contributed by atoms with Crippen LogP contribution in [0.15, 0.2) is 48.5 Å². The molecule has 0 bridgehead atoms. The third kappa shape index (κ3) is 3.30. The molecule has 0 heteroatoms. The van der Waals surface area contributed by atoms with Gasteiger partial charge in [-0.1, -0.05) is 76.2 Å². The quantitative estimate of drug-likeness (QED) is 0.616. The van der Waals surface area contributed by atoms with Gasteiger partial charge in [-0.15, -0.1) is 0 Å². The van der Waals surface area contributed by atoms with Crippen LogP contribution in [0.1, 0.15) is 51.2 Å². The van der Waals surface area contributed by atoms with Gasteiger partial charge >= 0.3 is 0 Å². The Morgan fingerprint density at radius 2 is 1.55 bits per heavy atom. The van der Waals surface area contributed by atoms with Crippen molar-refractivity contribution in [1.82, 2.24) is 0 Å². The van der Waals surface area contributed by atoms with Crippen molar-refractivity contribution in [1.29, 1.82) is 0 Å². The minimum atomic E-state index is 0.632. The molecule has 0 amide bonds. The minimum Gasteiger partial charge on any atom is -0.0648 e. The molecule has 0 aliphatic carbocycles. The molecule has 2 rings (SSSR count). The second-order valence-corrected chi connectivity index (χ2v) is 6.15. The zero-order valence-electron chi connectivity index (χ0n) is 13.2. The summed E-state index contributed by atoms with van der Waals surface area (Å²) >= 11 is 0. The Bertz CT molecular complexity index is 537. The molecule has 106 valence electrons. The molecule has 1 atom stereocenters. The maximum absolute atomic E-state index is 2.34. The van der Waals surface area contributed by atoms with Crippen LogP contribution in [0.25, 0.3) is 11.1 Å². The van der Waals surface area contributed by atoms with Crippen molar-refractivity contribution in [2.45, 2.75) is 46.5 Å². The Balaban J connectivity index is 2.56. The lowest BCUT2D eigenvalue weighted by molar-refractivity contribution is 0.632. The van der Waals surface area contributed by atoms with Crippen molar-refractivity contribution in [3.05, 3.63) is 59.7 Å². The molecular weight excluding hydrogens is 240 g/mol. The summed E-state index contributed by atoms with van der Waals surface area (Å²) in [5.74, 6) is 1.31. The second kappa shape index (κ2) is 6.74. The van der Waals surface area contributed by atoms with E-state index in [0.29, 0.717) is 11.8 Å². The fourth-order valence-electron chi connectivity index (χ4n) is 2.81. The largest absolute Gasteiger partial charge is 0.0648 e. The Kier molecular flexibility index (Phi) is 5.00. The summed E-state index contributed by atoms with van der Waals surface area (Å²) < 4.78 is 0. The van der Waals surface area contributed by atoms with E-state index in [1.807, 2.05) is 0 Å². The highest BCUT2D eigenvalue weighted by molar-refractivity contribution is 5.69. The van der Waals surface area contributed by atoms with Gasteiger partial charge in [-0.2, -0.15) is 0 Å². The van der Waals surface area contributed by atoms with Crippen LogP contribution < -0.4 is 0 Å². The molecule has 0 fully saturated rings. The maximum atomic E-state index is 2.34. The highest BCUT2D eigenvalue weighted by Crippen LogP contribution is 2.33. The van der Waals surface area contributed by atoms with Crippen molar-refractivity contribution < 1.29 is 0 Å². The van der Waals surface area contributed by atoms with E-state index >= 15 is 0 Å². The lowest BCUT2D eigenvalue weighted by Gasteiger charge is -2.20. The van der Waals surface area contributed by atoms with E-state index in [1.165, 1.54) is 23.1 Å². The summed E-state index contributed by atoms with van der Waals surface area (Å²) in [6.07, 6.45) is 2.36. The first-order valence-electron chi connectivity index (χ1n) is 7.80. The van der Waals surface area contributed by atoms with Crippen LogP contribution >= 0.6 is 0 Å². The zero-order valence-corrected chi connectivity index (χ0v) is 13.2. The molecule has 0 aromatic heterocycles. The topological polar surface area (TPSA) is 0 Å². The summed E-state index contributed by atoms with van der Waals surface area (Å²) in [6, 6.07) is 17.6. The van der Waals surface area contributed by atoms with Crippen molar-refractivity contribution in [2.75, 3.05) is 0 Å². The van der Waals surface area contributed by atoms with Crippen LogP contribution in [0, 0.1) is 5.92 Å². The molecule has 20 heavy (non-hydrogen) atoms. The molecule has 2 aromatic carbocycles. The third-order valence-electron chi connectivity index (χ3n) is 4.05. The van der Waals surface area contributed by atoms with Gasteiger partial charge in [0.1, 0.15) is 0 Å². The van der Waals surface area contributed by atoms with Gasteiger partial charge in [-0.25, -0.2) is 0 Å². The third-order valence-corrected chi connectivity index (χ3v) is 4.05. The molecule has 1 unspecified atom stereocenters. The fraction of sp³-hybridized carbons (Fsp3) is 0.400. The van der Waals surface area contributed by atoms with E-state index in [4.69, 9.17) is 0 Å². The van der Waals surface area contributed by atoms with Crippen molar-refractivity contribution in [2.24, 2.45) is 5.92 Å².